The summed E-state index contributed by atoms with van der Waals surface area (Å²) in [7, 11) is 0. The van der Waals surface area contributed by atoms with Crippen LogP contribution in [0.4, 0.5) is 0 Å². The van der Waals surface area contributed by atoms with E-state index in [2.05, 4.69) is 24.3 Å². The fraction of sp³-hybridized carbons (Fsp3) is 0.200. The van der Waals surface area contributed by atoms with Crippen molar-refractivity contribution < 1.29 is 4.74 Å². The summed E-state index contributed by atoms with van der Waals surface area (Å²) in [6.45, 7) is 3.27. The Morgan fingerprint density at radius 2 is 1.83 bits per heavy atom. The minimum absolute atomic E-state index is 0.581. The van der Waals surface area contributed by atoms with E-state index in [4.69, 9.17) is 10.5 Å². The highest BCUT2D eigenvalue weighted by Crippen LogP contribution is 2.29. The lowest BCUT2D eigenvalue weighted by atomic mass is 10.2. The minimum Gasteiger partial charge on any atom is -0.494 e. The molecular formula is C15H17NOS. The second-order valence-corrected chi connectivity index (χ2v) is 5.00. The van der Waals surface area contributed by atoms with Crippen molar-refractivity contribution in [2.24, 2.45) is 5.73 Å². The Kier molecular flexibility index (Phi) is 4.67. The lowest BCUT2D eigenvalue weighted by molar-refractivity contribution is 0.340. The average Bonchev–Trinajstić information content (AvgIpc) is 2.42. The molecule has 0 fully saturated rings. The molecule has 2 aromatic carbocycles. The zero-order valence-corrected chi connectivity index (χ0v) is 11.2. The Labute approximate surface area is 112 Å². The van der Waals surface area contributed by atoms with Gasteiger partial charge in [0.15, 0.2) is 0 Å². The molecule has 2 aromatic rings. The van der Waals surface area contributed by atoms with Crippen LogP contribution in [0.15, 0.2) is 58.3 Å². The maximum Gasteiger partial charge on any atom is 0.119 e. The third-order valence-electron chi connectivity index (χ3n) is 2.50. The fourth-order valence-corrected chi connectivity index (χ4v) is 2.54. The predicted molar refractivity (Wildman–Crippen MR) is 76.1 cm³/mol. The van der Waals surface area contributed by atoms with Crippen molar-refractivity contribution >= 4 is 11.8 Å². The van der Waals surface area contributed by atoms with Crippen LogP contribution in [0.3, 0.4) is 0 Å². The van der Waals surface area contributed by atoms with E-state index in [0.29, 0.717) is 13.2 Å². The zero-order chi connectivity index (χ0) is 12.8. The molecule has 0 aliphatic carbocycles. The quantitative estimate of drug-likeness (QED) is 0.889. The third kappa shape index (κ3) is 3.52. The molecule has 3 heteroatoms. The number of benzene rings is 2. The first kappa shape index (κ1) is 13.0. The van der Waals surface area contributed by atoms with E-state index in [1.54, 1.807) is 11.8 Å². The van der Waals surface area contributed by atoms with Crippen molar-refractivity contribution in [3.8, 4) is 5.75 Å². The highest BCUT2D eigenvalue weighted by molar-refractivity contribution is 7.99. The van der Waals surface area contributed by atoms with Crippen LogP contribution in [0.25, 0.3) is 0 Å². The van der Waals surface area contributed by atoms with Crippen molar-refractivity contribution in [2.75, 3.05) is 6.61 Å². The molecule has 2 nitrogen and oxygen atoms in total. The molecule has 0 bridgehead atoms. The molecule has 0 saturated heterocycles. The van der Waals surface area contributed by atoms with Crippen molar-refractivity contribution in [2.45, 2.75) is 23.3 Å². The fourth-order valence-electron chi connectivity index (χ4n) is 1.64. The number of nitrogens with two attached hydrogens (primary N) is 1. The Balaban J connectivity index is 2.08. The molecule has 18 heavy (non-hydrogen) atoms. The van der Waals surface area contributed by atoms with Gasteiger partial charge in [0.1, 0.15) is 5.75 Å². The Bertz CT molecular complexity index is 496. The first-order chi connectivity index (χ1) is 8.81. The molecule has 0 aromatic heterocycles. The van der Waals surface area contributed by atoms with Crippen LogP contribution in [-0.2, 0) is 6.54 Å². The molecule has 94 valence electrons. The summed E-state index contributed by atoms with van der Waals surface area (Å²) in [4.78, 5) is 2.41. The molecular weight excluding hydrogens is 242 g/mol. The summed E-state index contributed by atoms with van der Waals surface area (Å²) < 4.78 is 5.42. The second-order valence-electron chi connectivity index (χ2n) is 3.86. The first-order valence-electron chi connectivity index (χ1n) is 6.01. The van der Waals surface area contributed by atoms with Gasteiger partial charge in [-0.1, -0.05) is 23.9 Å². The van der Waals surface area contributed by atoms with Crippen LogP contribution in [0.1, 0.15) is 12.5 Å². The first-order valence-corrected chi connectivity index (χ1v) is 6.83. The van der Waals surface area contributed by atoms with E-state index in [-0.39, 0.29) is 0 Å². The van der Waals surface area contributed by atoms with Gasteiger partial charge in [-0.3, -0.25) is 0 Å². The zero-order valence-electron chi connectivity index (χ0n) is 10.4. The Hall–Kier alpha value is -1.45. The van der Waals surface area contributed by atoms with Gasteiger partial charge < -0.3 is 10.5 Å². The summed E-state index contributed by atoms with van der Waals surface area (Å²) in [5.74, 6) is 0.914. The molecule has 0 aliphatic rings. The molecule has 0 unspecified atom stereocenters. The summed E-state index contributed by atoms with van der Waals surface area (Å²) in [5, 5.41) is 0. The summed E-state index contributed by atoms with van der Waals surface area (Å²) in [5.41, 5.74) is 6.80. The second kappa shape index (κ2) is 6.47. The molecule has 2 rings (SSSR count). The van der Waals surface area contributed by atoms with Crippen molar-refractivity contribution in [3.63, 3.8) is 0 Å². The lowest BCUT2D eigenvalue weighted by Crippen LogP contribution is -1.95. The van der Waals surface area contributed by atoms with Gasteiger partial charge in [0.25, 0.3) is 0 Å². The molecule has 0 atom stereocenters. The molecule has 0 radical (unpaired) electrons. The van der Waals surface area contributed by atoms with Crippen LogP contribution in [0.5, 0.6) is 5.75 Å². The van der Waals surface area contributed by atoms with E-state index in [1.807, 2.05) is 31.2 Å². The molecule has 0 saturated carbocycles. The molecule has 0 amide bonds. The van der Waals surface area contributed by atoms with E-state index >= 15 is 0 Å². The summed E-state index contributed by atoms with van der Waals surface area (Å²) in [6.07, 6.45) is 0. The van der Waals surface area contributed by atoms with Gasteiger partial charge in [0.05, 0.1) is 6.61 Å². The largest absolute Gasteiger partial charge is 0.494 e. The van der Waals surface area contributed by atoms with Crippen molar-refractivity contribution in [3.05, 3.63) is 54.1 Å². The van der Waals surface area contributed by atoms with Crippen LogP contribution >= 0.6 is 11.8 Å². The van der Waals surface area contributed by atoms with Gasteiger partial charge >= 0.3 is 0 Å². The Morgan fingerprint density at radius 1 is 1.06 bits per heavy atom. The maximum absolute atomic E-state index is 5.64. The average molecular weight is 259 g/mol. The predicted octanol–water partition coefficient (Wildman–Crippen LogP) is 3.70. The lowest BCUT2D eigenvalue weighted by Gasteiger charge is -2.06. The van der Waals surface area contributed by atoms with Crippen LogP contribution in [0.2, 0.25) is 0 Å². The van der Waals surface area contributed by atoms with Gasteiger partial charge in [-0.25, -0.2) is 0 Å². The maximum atomic E-state index is 5.64. The van der Waals surface area contributed by atoms with Crippen molar-refractivity contribution in [1.82, 2.24) is 0 Å². The Morgan fingerprint density at radius 3 is 2.50 bits per heavy atom. The topological polar surface area (TPSA) is 35.2 Å². The van der Waals surface area contributed by atoms with Gasteiger partial charge in [-0.2, -0.15) is 0 Å². The number of rotatable bonds is 5. The monoisotopic (exact) mass is 259 g/mol. The molecule has 0 spiro atoms. The SMILES string of the molecule is CCOc1ccc(Sc2cccc(CN)c2)cc1. The summed E-state index contributed by atoms with van der Waals surface area (Å²) in [6, 6.07) is 16.5. The van der Waals surface area contributed by atoms with Gasteiger partial charge in [0, 0.05) is 16.3 Å². The third-order valence-corrected chi connectivity index (χ3v) is 3.50. The van der Waals surface area contributed by atoms with E-state index in [9.17, 15) is 0 Å². The van der Waals surface area contributed by atoms with E-state index < -0.39 is 0 Å². The van der Waals surface area contributed by atoms with Crippen LogP contribution in [0, 0.1) is 0 Å². The number of ether oxygens (including phenoxy) is 1. The molecule has 2 N–H and O–H groups in total. The smallest absolute Gasteiger partial charge is 0.119 e. The van der Waals surface area contributed by atoms with Gasteiger partial charge in [-0.15, -0.1) is 0 Å². The van der Waals surface area contributed by atoms with E-state index in [0.717, 1.165) is 11.3 Å². The minimum atomic E-state index is 0.581. The summed E-state index contributed by atoms with van der Waals surface area (Å²) >= 11 is 1.73. The molecule has 0 heterocycles. The van der Waals surface area contributed by atoms with Gasteiger partial charge in [-0.05, 0) is 48.9 Å². The number of hydrogen-bond donors (Lipinski definition) is 1. The highest BCUT2D eigenvalue weighted by atomic mass is 32.2. The highest BCUT2D eigenvalue weighted by Gasteiger charge is 1.99. The van der Waals surface area contributed by atoms with Gasteiger partial charge in [0.2, 0.25) is 0 Å². The van der Waals surface area contributed by atoms with Crippen molar-refractivity contribution in [1.29, 1.82) is 0 Å². The van der Waals surface area contributed by atoms with E-state index in [1.165, 1.54) is 9.79 Å². The number of hydrogen-bond acceptors (Lipinski definition) is 3. The standard InChI is InChI=1S/C15H17NOS/c1-2-17-13-6-8-14(9-7-13)18-15-5-3-4-12(10-15)11-16/h3-10H,2,11,16H2,1H3. The molecule has 0 aliphatic heterocycles. The normalized spacial score (nSPS) is 10.3. The van der Waals surface area contributed by atoms with Crippen LogP contribution < -0.4 is 10.5 Å². The van der Waals surface area contributed by atoms with Crippen LogP contribution in [-0.4, -0.2) is 6.61 Å².